The monoisotopic (exact) mass is 482 g/mol. The number of nitrogens with two attached hydrogens (primary N) is 1. The van der Waals surface area contributed by atoms with Gasteiger partial charge in [-0.05, 0) is 53.4 Å². The number of para-hydroxylation sites is 1. The van der Waals surface area contributed by atoms with Gasteiger partial charge in [-0.2, -0.15) is 0 Å². The van der Waals surface area contributed by atoms with Crippen molar-refractivity contribution in [1.82, 2.24) is 5.32 Å². The molecule has 0 saturated carbocycles. The third kappa shape index (κ3) is 5.88. The molecule has 3 aromatic carbocycles. The Morgan fingerprint density at radius 1 is 1.00 bits per heavy atom. The summed E-state index contributed by atoms with van der Waals surface area (Å²) < 4.78 is 41.5. The van der Waals surface area contributed by atoms with Gasteiger partial charge in [-0.25, -0.2) is 13.6 Å². The van der Waals surface area contributed by atoms with Crippen molar-refractivity contribution in [3.63, 3.8) is 0 Å². The molecule has 180 valence electrons. The van der Waals surface area contributed by atoms with Crippen molar-refractivity contribution in [2.24, 2.45) is 5.14 Å². The summed E-state index contributed by atoms with van der Waals surface area (Å²) in [4.78, 5) is 0.142. The summed E-state index contributed by atoms with van der Waals surface area (Å²) in [6.45, 7) is 4.85. The van der Waals surface area contributed by atoms with Gasteiger partial charge < -0.3 is 19.5 Å². The van der Waals surface area contributed by atoms with Crippen LogP contribution in [0.4, 0.5) is 0 Å². The zero-order valence-corrected chi connectivity index (χ0v) is 20.1. The number of hydrogen-bond donors (Lipinski definition) is 2. The fourth-order valence-electron chi connectivity index (χ4n) is 3.97. The standard InChI is InChI=1S/C26H30N2O5S/c1-2-5-19-10-11-25(34(27,29)30)22(17-19)21-7-3-6-20(16-21)18-28-12-13-31-23-8-4-9-24-26(23)33-15-14-32-24/h3-4,6-11,16-17,28H,2,5,12-15,18H2,1H3,(H2,27,29,30). The first-order valence-corrected chi connectivity index (χ1v) is 13.0. The molecule has 0 aliphatic carbocycles. The van der Waals surface area contributed by atoms with Gasteiger partial charge >= 0.3 is 0 Å². The maximum absolute atomic E-state index is 12.2. The van der Waals surface area contributed by atoms with Gasteiger partial charge in [0.1, 0.15) is 19.8 Å². The number of benzene rings is 3. The summed E-state index contributed by atoms with van der Waals surface area (Å²) in [6, 6.07) is 18.8. The molecule has 8 heteroatoms. The Bertz CT molecular complexity index is 1240. The Morgan fingerprint density at radius 2 is 1.82 bits per heavy atom. The number of sulfonamides is 1. The van der Waals surface area contributed by atoms with E-state index in [0.717, 1.165) is 29.5 Å². The predicted octanol–water partition coefficient (Wildman–Crippen LogP) is 3.89. The van der Waals surface area contributed by atoms with Crippen LogP contribution in [0.25, 0.3) is 11.1 Å². The Balaban J connectivity index is 1.40. The Labute approximate surface area is 200 Å². The smallest absolute Gasteiger partial charge is 0.238 e. The molecule has 1 aliphatic heterocycles. The van der Waals surface area contributed by atoms with Crippen LogP contribution in [0.2, 0.25) is 0 Å². The lowest BCUT2D eigenvalue weighted by molar-refractivity contribution is 0.162. The molecule has 3 aromatic rings. The number of fused-ring (bicyclic) bond motifs is 1. The molecule has 0 unspecified atom stereocenters. The number of nitrogens with one attached hydrogen (secondary N) is 1. The van der Waals surface area contributed by atoms with Crippen molar-refractivity contribution < 1.29 is 22.6 Å². The Morgan fingerprint density at radius 3 is 2.65 bits per heavy atom. The largest absolute Gasteiger partial charge is 0.488 e. The highest BCUT2D eigenvalue weighted by molar-refractivity contribution is 7.89. The van der Waals surface area contributed by atoms with Gasteiger partial charge in [0.2, 0.25) is 15.8 Å². The number of primary sulfonamides is 1. The molecule has 0 saturated heterocycles. The van der Waals surface area contributed by atoms with E-state index in [-0.39, 0.29) is 4.90 Å². The van der Waals surface area contributed by atoms with Crippen molar-refractivity contribution in [1.29, 1.82) is 0 Å². The highest BCUT2D eigenvalue weighted by Gasteiger charge is 2.17. The first kappa shape index (κ1) is 24.1. The molecule has 1 aliphatic rings. The summed E-state index contributed by atoms with van der Waals surface area (Å²) in [5.74, 6) is 2.02. The predicted molar refractivity (Wildman–Crippen MR) is 132 cm³/mol. The van der Waals surface area contributed by atoms with Gasteiger partial charge in [0.05, 0.1) is 4.90 Å². The summed E-state index contributed by atoms with van der Waals surface area (Å²) in [5.41, 5.74) is 3.58. The van der Waals surface area contributed by atoms with Crippen LogP contribution in [-0.2, 0) is 23.0 Å². The van der Waals surface area contributed by atoms with Crippen molar-refractivity contribution in [2.45, 2.75) is 31.2 Å². The molecule has 34 heavy (non-hydrogen) atoms. The molecule has 0 radical (unpaired) electrons. The lowest BCUT2D eigenvalue weighted by Gasteiger charge is -2.20. The highest BCUT2D eigenvalue weighted by atomic mass is 32.2. The van der Waals surface area contributed by atoms with Gasteiger partial charge in [-0.3, -0.25) is 0 Å². The van der Waals surface area contributed by atoms with Gasteiger partial charge in [0, 0.05) is 18.7 Å². The van der Waals surface area contributed by atoms with E-state index in [0.29, 0.717) is 55.7 Å². The third-order valence-corrected chi connectivity index (χ3v) is 6.49. The molecule has 0 bridgehead atoms. The molecule has 4 rings (SSSR count). The van der Waals surface area contributed by atoms with E-state index >= 15 is 0 Å². The summed E-state index contributed by atoms with van der Waals surface area (Å²) in [7, 11) is -3.83. The van der Waals surface area contributed by atoms with E-state index in [4.69, 9.17) is 19.3 Å². The summed E-state index contributed by atoms with van der Waals surface area (Å²) in [5, 5.41) is 8.86. The van der Waals surface area contributed by atoms with E-state index in [9.17, 15) is 8.42 Å². The fraction of sp³-hybridized carbons (Fsp3) is 0.308. The van der Waals surface area contributed by atoms with E-state index in [2.05, 4.69) is 12.2 Å². The molecule has 0 spiro atoms. The quantitative estimate of drug-likeness (QED) is 0.425. The van der Waals surface area contributed by atoms with Gasteiger partial charge in [0.15, 0.2) is 11.5 Å². The Kier molecular flexibility index (Phi) is 7.72. The normalized spacial score (nSPS) is 13.0. The van der Waals surface area contributed by atoms with Crippen LogP contribution in [0, 0.1) is 0 Å². The first-order valence-electron chi connectivity index (χ1n) is 11.4. The third-order valence-electron chi connectivity index (χ3n) is 5.52. The molecular weight excluding hydrogens is 452 g/mol. The lowest BCUT2D eigenvalue weighted by atomic mass is 9.99. The summed E-state index contributed by atoms with van der Waals surface area (Å²) in [6.07, 6.45) is 1.85. The molecule has 0 amide bonds. The molecule has 3 N–H and O–H groups in total. The van der Waals surface area contributed by atoms with Crippen LogP contribution in [-0.4, -0.2) is 34.8 Å². The van der Waals surface area contributed by atoms with Crippen molar-refractivity contribution >= 4 is 10.0 Å². The SMILES string of the molecule is CCCc1ccc(S(N)(=O)=O)c(-c2cccc(CNCCOc3cccc4c3OCCO4)c2)c1. The van der Waals surface area contributed by atoms with Gasteiger partial charge in [0.25, 0.3) is 0 Å². The number of ether oxygens (including phenoxy) is 3. The van der Waals surface area contributed by atoms with Crippen LogP contribution in [0.5, 0.6) is 17.2 Å². The average Bonchev–Trinajstić information content (AvgIpc) is 2.83. The molecular formula is C26H30N2O5S. The average molecular weight is 483 g/mol. The van der Waals surface area contributed by atoms with Crippen LogP contribution < -0.4 is 24.7 Å². The second-order valence-corrected chi connectivity index (χ2v) is 9.66. The van der Waals surface area contributed by atoms with Gasteiger partial charge in [-0.1, -0.05) is 43.7 Å². The minimum atomic E-state index is -3.83. The van der Waals surface area contributed by atoms with Crippen molar-refractivity contribution in [3.05, 3.63) is 71.8 Å². The highest BCUT2D eigenvalue weighted by Crippen LogP contribution is 2.38. The summed E-state index contributed by atoms with van der Waals surface area (Å²) >= 11 is 0. The zero-order chi connectivity index (χ0) is 24.0. The maximum Gasteiger partial charge on any atom is 0.238 e. The fourth-order valence-corrected chi connectivity index (χ4v) is 4.71. The van der Waals surface area contributed by atoms with E-state index < -0.39 is 10.0 Å². The van der Waals surface area contributed by atoms with Crippen LogP contribution in [0.15, 0.2) is 65.6 Å². The van der Waals surface area contributed by atoms with Gasteiger partial charge in [-0.15, -0.1) is 0 Å². The van der Waals surface area contributed by atoms with E-state index in [1.54, 1.807) is 6.07 Å². The van der Waals surface area contributed by atoms with Crippen LogP contribution in [0.1, 0.15) is 24.5 Å². The van der Waals surface area contributed by atoms with Crippen molar-refractivity contribution in [3.8, 4) is 28.4 Å². The molecule has 0 fully saturated rings. The maximum atomic E-state index is 12.2. The van der Waals surface area contributed by atoms with E-state index in [1.807, 2.05) is 54.6 Å². The zero-order valence-electron chi connectivity index (χ0n) is 19.3. The second kappa shape index (κ2) is 10.9. The van der Waals surface area contributed by atoms with E-state index in [1.165, 1.54) is 0 Å². The Hall–Kier alpha value is -3.07. The van der Waals surface area contributed by atoms with Crippen LogP contribution >= 0.6 is 0 Å². The van der Waals surface area contributed by atoms with Crippen LogP contribution in [0.3, 0.4) is 0 Å². The number of aryl methyl sites for hydroxylation is 1. The van der Waals surface area contributed by atoms with Crippen molar-refractivity contribution in [2.75, 3.05) is 26.4 Å². The topological polar surface area (TPSA) is 99.9 Å². The molecule has 0 atom stereocenters. The lowest BCUT2D eigenvalue weighted by Crippen LogP contribution is -2.21. The number of hydrogen-bond acceptors (Lipinski definition) is 6. The molecule has 1 heterocycles. The molecule has 0 aromatic heterocycles. The first-order chi connectivity index (χ1) is 16.5. The minimum absolute atomic E-state index is 0.142. The molecule has 7 nitrogen and oxygen atoms in total. The number of rotatable bonds is 10. The minimum Gasteiger partial charge on any atom is -0.488 e. The second-order valence-electron chi connectivity index (χ2n) is 8.13.